The lowest BCUT2D eigenvalue weighted by Crippen LogP contribution is -2.55. The smallest absolute Gasteiger partial charge is 0.383 e. The predicted molar refractivity (Wildman–Crippen MR) is 118 cm³/mol. The zero-order chi connectivity index (χ0) is 23.2. The fraction of sp³-hybridized carbons (Fsp3) is 0.696. The van der Waals surface area contributed by atoms with Gasteiger partial charge in [0.15, 0.2) is 0 Å². The second-order valence-electron chi connectivity index (χ2n) is 9.48. The Morgan fingerprint density at radius 2 is 2.00 bits per heavy atom. The summed E-state index contributed by atoms with van der Waals surface area (Å²) in [5, 5.41) is 8.50. The van der Waals surface area contributed by atoms with E-state index in [1.807, 2.05) is 6.92 Å². The van der Waals surface area contributed by atoms with Crippen LogP contribution < -0.4 is 5.73 Å². The van der Waals surface area contributed by atoms with Crippen LogP contribution >= 0.6 is 0 Å². The van der Waals surface area contributed by atoms with Crippen LogP contribution in [0, 0.1) is 23.2 Å². The molecule has 3 fully saturated rings. The van der Waals surface area contributed by atoms with Crippen molar-refractivity contribution in [3.63, 3.8) is 0 Å². The highest BCUT2D eigenvalue weighted by Crippen LogP contribution is 2.60. The summed E-state index contributed by atoms with van der Waals surface area (Å²) in [5.74, 6) is 0.899. The topological polar surface area (TPSA) is 87.6 Å². The van der Waals surface area contributed by atoms with E-state index in [-0.39, 0.29) is 23.7 Å². The van der Waals surface area contributed by atoms with Crippen LogP contribution in [0.25, 0.3) is 0 Å². The summed E-state index contributed by atoms with van der Waals surface area (Å²) < 4.78 is 45.1. The van der Waals surface area contributed by atoms with Crippen LogP contribution in [-0.2, 0) is 10.9 Å². The molecule has 3 atom stereocenters. The summed E-state index contributed by atoms with van der Waals surface area (Å²) in [4.78, 5) is 11.1. The Labute approximate surface area is 186 Å². The quantitative estimate of drug-likeness (QED) is 0.584. The van der Waals surface area contributed by atoms with Crippen molar-refractivity contribution in [3.8, 4) is 0 Å². The number of hydrogen-bond donors (Lipinski definition) is 2. The number of halogens is 3. The first-order valence-corrected chi connectivity index (χ1v) is 11.4. The van der Waals surface area contributed by atoms with Gasteiger partial charge in [-0.3, -0.25) is 9.89 Å². The van der Waals surface area contributed by atoms with Gasteiger partial charge in [0, 0.05) is 67.8 Å². The second kappa shape index (κ2) is 8.74. The first kappa shape index (κ1) is 23.2. The molecule has 1 saturated heterocycles. The van der Waals surface area contributed by atoms with Gasteiger partial charge in [0.1, 0.15) is 5.82 Å². The minimum atomic E-state index is -4.60. The number of pyridine rings is 1. The van der Waals surface area contributed by atoms with E-state index in [4.69, 9.17) is 20.9 Å². The van der Waals surface area contributed by atoms with Crippen molar-refractivity contribution in [2.45, 2.75) is 63.9 Å². The highest BCUT2D eigenvalue weighted by Gasteiger charge is 2.59. The molecule has 4 rings (SSSR count). The third kappa shape index (κ3) is 4.55. The fourth-order valence-electron chi connectivity index (χ4n) is 5.30. The summed E-state index contributed by atoms with van der Waals surface area (Å²) >= 11 is 0. The molecule has 3 N–H and O–H groups in total. The Hall–Kier alpha value is -2.00. The van der Waals surface area contributed by atoms with Gasteiger partial charge in [-0.25, -0.2) is 4.98 Å². The van der Waals surface area contributed by atoms with Gasteiger partial charge in [-0.15, -0.1) is 0 Å². The average molecular weight is 452 g/mol. The van der Waals surface area contributed by atoms with E-state index in [1.165, 1.54) is 6.20 Å². The molecule has 2 heterocycles. The van der Waals surface area contributed by atoms with Crippen molar-refractivity contribution in [2.75, 3.05) is 25.9 Å². The second-order valence-corrected chi connectivity index (χ2v) is 9.48. The molecule has 0 radical (unpaired) electrons. The number of rotatable bonds is 8. The van der Waals surface area contributed by atoms with Crippen LogP contribution in [0.4, 0.5) is 19.0 Å². The molecule has 3 aliphatic rings. The number of anilines is 1. The summed E-state index contributed by atoms with van der Waals surface area (Å²) in [5.41, 5.74) is 5.64. The van der Waals surface area contributed by atoms with Gasteiger partial charge in [0.05, 0.1) is 11.7 Å². The maximum atomic E-state index is 13.2. The Morgan fingerprint density at radius 1 is 1.34 bits per heavy atom. The third-order valence-corrected chi connectivity index (χ3v) is 7.44. The number of nitrogens with one attached hydrogen (secondary N) is 1. The van der Waals surface area contributed by atoms with Gasteiger partial charge in [-0.05, 0) is 44.1 Å². The average Bonchev–Trinajstić information content (AvgIpc) is 3.19. The minimum Gasteiger partial charge on any atom is -0.383 e. The summed E-state index contributed by atoms with van der Waals surface area (Å²) in [6.07, 6.45) is 0.400. The molecule has 9 heteroatoms. The van der Waals surface area contributed by atoms with E-state index in [0.717, 1.165) is 44.1 Å². The van der Waals surface area contributed by atoms with E-state index < -0.39 is 17.6 Å². The number of nitrogens with zero attached hydrogens (tertiary/aromatic N) is 3. The van der Waals surface area contributed by atoms with Crippen molar-refractivity contribution < 1.29 is 17.9 Å². The minimum absolute atomic E-state index is 0.109. The Morgan fingerprint density at radius 3 is 2.56 bits per heavy atom. The summed E-state index contributed by atoms with van der Waals surface area (Å²) in [6, 6.07) is 1.65. The Balaban J connectivity index is 1.44. The number of nitrogen functional groups attached to an aromatic ring is 1. The molecule has 1 aromatic heterocycles. The maximum absolute atomic E-state index is 13.2. The number of alkyl halides is 3. The van der Waals surface area contributed by atoms with Crippen LogP contribution in [0.5, 0.6) is 0 Å². The molecule has 32 heavy (non-hydrogen) atoms. The first-order chi connectivity index (χ1) is 15.1. The molecule has 2 saturated carbocycles. The number of likely N-dealkylation sites (tertiary alicyclic amines) is 1. The number of ether oxygens (including phenoxy) is 1. The van der Waals surface area contributed by atoms with Gasteiger partial charge >= 0.3 is 6.18 Å². The highest BCUT2D eigenvalue weighted by atomic mass is 19.4. The van der Waals surface area contributed by atoms with Gasteiger partial charge in [0.25, 0.3) is 0 Å². The normalized spacial score (nSPS) is 29.5. The number of fused-ring (bicyclic) bond motifs is 1. The third-order valence-electron chi connectivity index (χ3n) is 7.44. The van der Waals surface area contributed by atoms with E-state index in [0.29, 0.717) is 29.9 Å². The van der Waals surface area contributed by atoms with Gasteiger partial charge in [-0.2, -0.15) is 13.2 Å². The van der Waals surface area contributed by atoms with Crippen LogP contribution in [-0.4, -0.2) is 59.7 Å². The van der Waals surface area contributed by atoms with Gasteiger partial charge in [0.2, 0.25) is 0 Å². The number of nitrogens with two attached hydrogens (primary N) is 1. The van der Waals surface area contributed by atoms with Crippen LogP contribution in [0.2, 0.25) is 0 Å². The molecule has 3 unspecified atom stereocenters. The molecular formula is C23H32F3N5O. The number of hydrogen-bond acceptors (Lipinski definition) is 6. The molecule has 2 aliphatic carbocycles. The van der Waals surface area contributed by atoms with Crippen molar-refractivity contribution in [1.82, 2.24) is 9.88 Å². The molecule has 0 amide bonds. The Kier molecular flexibility index (Phi) is 6.33. The molecule has 0 spiro atoms. The van der Waals surface area contributed by atoms with E-state index in [2.05, 4.69) is 16.8 Å². The lowest BCUT2D eigenvalue weighted by Gasteiger charge is -2.43. The van der Waals surface area contributed by atoms with E-state index in [9.17, 15) is 13.2 Å². The van der Waals surface area contributed by atoms with Crippen molar-refractivity contribution >= 4 is 17.2 Å². The van der Waals surface area contributed by atoms with Crippen LogP contribution in [0.3, 0.4) is 0 Å². The van der Waals surface area contributed by atoms with Crippen molar-refractivity contribution in [3.05, 3.63) is 23.4 Å². The lowest BCUT2D eigenvalue weighted by molar-refractivity contribution is -0.137. The fourth-order valence-corrected chi connectivity index (χ4v) is 5.30. The summed E-state index contributed by atoms with van der Waals surface area (Å²) in [6.45, 7) is 6.10. The van der Waals surface area contributed by atoms with Crippen LogP contribution in [0.15, 0.2) is 17.3 Å². The monoisotopic (exact) mass is 451 g/mol. The molecule has 0 aromatic carbocycles. The molecule has 1 aliphatic heterocycles. The predicted octanol–water partition coefficient (Wildman–Crippen LogP) is 4.04. The highest BCUT2D eigenvalue weighted by molar-refractivity contribution is 6.12. The number of aliphatic imine (C=N–C) groups is 1. The van der Waals surface area contributed by atoms with E-state index in [1.54, 1.807) is 7.11 Å². The molecule has 0 bridgehead atoms. The molecular weight excluding hydrogens is 419 g/mol. The van der Waals surface area contributed by atoms with Crippen molar-refractivity contribution in [2.24, 2.45) is 22.7 Å². The number of methoxy groups -OCH3 is 1. The molecule has 1 aromatic rings. The summed E-state index contributed by atoms with van der Waals surface area (Å²) in [7, 11) is 1.75. The largest absolute Gasteiger partial charge is 0.419 e. The zero-order valence-electron chi connectivity index (χ0n) is 18.8. The molecule has 6 nitrogen and oxygen atoms in total. The molecule has 176 valence electrons. The van der Waals surface area contributed by atoms with Crippen LogP contribution in [0.1, 0.15) is 50.7 Å². The first-order valence-electron chi connectivity index (χ1n) is 11.4. The van der Waals surface area contributed by atoms with Gasteiger partial charge in [-0.1, -0.05) is 6.92 Å². The Bertz CT molecular complexity index is 884. The van der Waals surface area contributed by atoms with Crippen molar-refractivity contribution in [1.29, 1.82) is 5.41 Å². The lowest BCUT2D eigenvalue weighted by atomic mass is 9.95. The van der Waals surface area contributed by atoms with E-state index >= 15 is 0 Å². The number of aromatic nitrogens is 1. The standard InChI is InChI=1S/C23H32F3N5O/c1-4-12(2)30-20(8-19(27)13-5-18(23(24,25)26)22(28)29-9-13)21-16-6-14(7-17(16)21)31-10-15(11-31)32-3/h5,9,12,14-17,21,27H,4,6-8,10-11H2,1-3H3,(H2,28,29). The SMILES string of the molecule is CCC(C)N=C(CC(=N)c1cnc(N)c(C(F)(F)F)c1)C1C2CC(N3CC(OC)C3)CC21. The zero-order valence-corrected chi connectivity index (χ0v) is 18.8. The van der Waals surface area contributed by atoms with Gasteiger partial charge < -0.3 is 15.9 Å². The maximum Gasteiger partial charge on any atom is 0.419 e.